The largest absolute Gasteiger partial charge is 0.465 e. The Morgan fingerprint density at radius 2 is 1.15 bits per heavy atom. The topological polar surface area (TPSA) is 96.8 Å². The first-order chi connectivity index (χ1) is 20.1. The number of nitrogens with zero attached hydrogens (tertiary/aromatic N) is 2. The van der Waals surface area contributed by atoms with E-state index in [1.54, 1.807) is 71.2 Å². The summed E-state index contributed by atoms with van der Waals surface area (Å²) in [6.07, 6.45) is 0. The van der Waals surface area contributed by atoms with Crippen molar-refractivity contribution in [1.82, 2.24) is 9.59 Å². The third kappa shape index (κ3) is 5.18. The Labute approximate surface area is 246 Å². The number of hydrogen-bond acceptors (Lipinski definition) is 11. The third-order valence-corrected chi connectivity index (χ3v) is 8.66. The van der Waals surface area contributed by atoms with E-state index in [9.17, 15) is 9.59 Å². The fourth-order valence-electron chi connectivity index (χ4n) is 4.23. The normalized spacial score (nSPS) is 10.9. The van der Waals surface area contributed by atoms with Gasteiger partial charge in [0.1, 0.15) is 17.0 Å². The van der Waals surface area contributed by atoms with Crippen LogP contribution in [0.25, 0.3) is 31.1 Å². The molecule has 0 aliphatic rings. The van der Waals surface area contributed by atoms with Gasteiger partial charge in [-0.15, -0.1) is 27.8 Å². The number of carbonyl (C=O) groups is 2. The number of aromatic nitrogens is 2. The summed E-state index contributed by atoms with van der Waals surface area (Å²) < 4.78 is 28.0. The number of thiophene rings is 2. The van der Waals surface area contributed by atoms with Crippen molar-refractivity contribution in [2.24, 2.45) is 0 Å². The predicted octanol–water partition coefficient (Wildman–Crippen LogP) is 8.31. The summed E-state index contributed by atoms with van der Waals surface area (Å²) in [5.41, 5.74) is 3.03. The van der Waals surface area contributed by atoms with E-state index in [1.165, 1.54) is 25.8 Å². The second-order valence-corrected chi connectivity index (χ2v) is 11.2. The van der Waals surface area contributed by atoms with E-state index in [4.69, 9.17) is 18.9 Å². The molecule has 0 spiro atoms. The van der Waals surface area contributed by atoms with Crippen molar-refractivity contribution >= 4 is 56.4 Å². The van der Waals surface area contributed by atoms with Crippen molar-refractivity contribution in [3.05, 3.63) is 94.7 Å². The van der Waals surface area contributed by atoms with Crippen LogP contribution in [0, 0.1) is 0 Å². The highest BCUT2D eigenvalue weighted by molar-refractivity contribution is 7.17. The van der Waals surface area contributed by atoms with Crippen LogP contribution in [0.2, 0.25) is 0 Å². The average molecular weight is 601 g/mol. The first-order valence-corrected chi connectivity index (χ1v) is 14.7. The number of carbonyl (C=O) groups excluding carboxylic acids is 2. The smallest absolute Gasteiger partial charge is 0.337 e. The lowest BCUT2D eigenvalue weighted by Crippen LogP contribution is -2.01. The van der Waals surface area contributed by atoms with Crippen LogP contribution in [-0.4, -0.2) is 35.7 Å². The van der Waals surface area contributed by atoms with E-state index in [2.05, 4.69) is 9.59 Å². The number of fused-ring (bicyclic) bond motifs is 1. The Hall–Kier alpha value is -4.58. The minimum atomic E-state index is -0.440. The van der Waals surface area contributed by atoms with E-state index in [0.717, 1.165) is 25.6 Å². The molecule has 0 fully saturated rings. The van der Waals surface area contributed by atoms with E-state index in [-0.39, 0.29) is 0 Å². The summed E-state index contributed by atoms with van der Waals surface area (Å²) in [4.78, 5) is 25.9. The van der Waals surface area contributed by atoms with Crippen LogP contribution < -0.4 is 9.47 Å². The fraction of sp³-hybridized carbons (Fsp3) is 0.0667. The van der Waals surface area contributed by atoms with Crippen LogP contribution in [0.15, 0.2) is 83.6 Å². The van der Waals surface area contributed by atoms with Crippen LogP contribution in [0.3, 0.4) is 0 Å². The van der Waals surface area contributed by atoms with Crippen molar-refractivity contribution in [3.63, 3.8) is 0 Å². The van der Waals surface area contributed by atoms with Crippen molar-refractivity contribution in [3.8, 4) is 43.9 Å². The second-order valence-electron chi connectivity index (χ2n) is 8.55. The molecule has 0 radical (unpaired) electrons. The maximum Gasteiger partial charge on any atom is 0.337 e. The number of benzene rings is 3. The van der Waals surface area contributed by atoms with Crippen LogP contribution in [0.1, 0.15) is 20.7 Å². The van der Waals surface area contributed by atoms with Crippen molar-refractivity contribution in [1.29, 1.82) is 0 Å². The van der Waals surface area contributed by atoms with E-state index in [1.807, 2.05) is 35.0 Å². The van der Waals surface area contributed by atoms with Gasteiger partial charge in [-0.2, -0.15) is 0 Å². The minimum Gasteiger partial charge on any atom is -0.465 e. The zero-order valence-electron chi connectivity index (χ0n) is 21.7. The van der Waals surface area contributed by atoms with Gasteiger partial charge in [-0.05, 0) is 83.0 Å². The van der Waals surface area contributed by atoms with E-state index >= 15 is 0 Å². The Morgan fingerprint density at radius 3 is 1.61 bits per heavy atom. The maximum atomic E-state index is 12.0. The molecule has 6 aromatic rings. The third-order valence-electron chi connectivity index (χ3n) is 6.14. The van der Waals surface area contributed by atoms with Gasteiger partial charge < -0.3 is 18.9 Å². The van der Waals surface area contributed by atoms with Crippen LogP contribution in [0.5, 0.6) is 23.0 Å². The van der Waals surface area contributed by atoms with Crippen molar-refractivity contribution < 1.29 is 28.5 Å². The number of hydrogen-bond donors (Lipinski definition) is 0. The zero-order chi connectivity index (χ0) is 28.3. The highest BCUT2D eigenvalue weighted by Crippen LogP contribution is 2.55. The lowest BCUT2D eigenvalue weighted by molar-refractivity contribution is 0.0592. The summed E-state index contributed by atoms with van der Waals surface area (Å²) in [6, 6.07) is 21.3. The lowest BCUT2D eigenvalue weighted by Gasteiger charge is -2.20. The number of rotatable bonds is 8. The van der Waals surface area contributed by atoms with Gasteiger partial charge in [-0.25, -0.2) is 9.59 Å². The molecule has 0 aliphatic heterocycles. The summed E-state index contributed by atoms with van der Waals surface area (Å²) in [7, 11) is 2.68. The molecule has 6 rings (SSSR count). The summed E-state index contributed by atoms with van der Waals surface area (Å²) >= 11 is 4.39. The molecule has 11 heteroatoms. The maximum absolute atomic E-state index is 12.0. The molecule has 0 bridgehead atoms. The van der Waals surface area contributed by atoms with E-state index < -0.39 is 11.9 Å². The fourth-order valence-corrected chi connectivity index (χ4v) is 6.57. The summed E-state index contributed by atoms with van der Waals surface area (Å²) in [6.45, 7) is 0. The minimum absolute atomic E-state index is 0.402. The van der Waals surface area contributed by atoms with Gasteiger partial charge in [0, 0.05) is 9.75 Å². The van der Waals surface area contributed by atoms with Gasteiger partial charge in [-0.3, -0.25) is 0 Å². The van der Waals surface area contributed by atoms with Gasteiger partial charge in [0.05, 0.1) is 41.2 Å². The van der Waals surface area contributed by atoms with Gasteiger partial charge in [0.25, 0.3) is 0 Å². The van der Waals surface area contributed by atoms with Gasteiger partial charge in [-0.1, -0.05) is 16.6 Å². The van der Waals surface area contributed by atoms with Crippen LogP contribution in [-0.2, 0) is 9.47 Å². The molecule has 0 saturated heterocycles. The Morgan fingerprint density at radius 1 is 0.659 bits per heavy atom. The van der Waals surface area contributed by atoms with E-state index in [0.29, 0.717) is 39.6 Å². The molecule has 0 unspecified atom stereocenters. The monoisotopic (exact) mass is 600 g/mol. The van der Waals surface area contributed by atoms with Crippen LogP contribution in [0.4, 0.5) is 0 Å². The molecule has 204 valence electrons. The highest BCUT2D eigenvalue weighted by atomic mass is 32.1. The Balaban J connectivity index is 1.58. The molecule has 0 aliphatic carbocycles. The summed E-state index contributed by atoms with van der Waals surface area (Å²) in [5.74, 6) is 1.02. The number of ether oxygens (including phenoxy) is 4. The molecule has 0 atom stereocenters. The molecule has 0 N–H and O–H groups in total. The Kier molecular flexibility index (Phi) is 7.47. The quantitative estimate of drug-likeness (QED) is 0.161. The first-order valence-electron chi connectivity index (χ1n) is 12.2. The lowest BCUT2D eigenvalue weighted by atomic mass is 10.0. The average Bonchev–Trinajstić information content (AvgIpc) is 3.81. The standard InChI is InChI=1S/C30H20N2O6S3/c1-35-29(33)17-7-11-19(12-8-17)37-26-23(21-5-3-15-39-21)25-28(41-32-31-25)24(22-6-4-16-40-22)27(26)38-20-13-9-18(10-14-20)30(34)36-2/h3-16H,1-2H3. The zero-order valence-corrected chi connectivity index (χ0v) is 24.1. The van der Waals surface area contributed by atoms with Gasteiger partial charge in [0.2, 0.25) is 0 Å². The van der Waals surface area contributed by atoms with Crippen LogP contribution >= 0.6 is 34.2 Å². The highest BCUT2D eigenvalue weighted by Gasteiger charge is 2.29. The SMILES string of the molecule is COC(=O)c1ccc(Oc2c(Oc3ccc(C(=O)OC)cc3)c(-c3cccs3)c3snnc3c2-c2cccs2)cc1. The molecular weight excluding hydrogens is 581 g/mol. The van der Waals surface area contributed by atoms with Gasteiger partial charge in [0.15, 0.2) is 11.5 Å². The Bertz CT molecular complexity index is 1690. The first kappa shape index (κ1) is 26.6. The molecule has 8 nitrogen and oxygen atoms in total. The molecule has 41 heavy (non-hydrogen) atoms. The number of esters is 2. The molecule has 3 aromatic heterocycles. The molecule has 3 aromatic carbocycles. The summed E-state index contributed by atoms with van der Waals surface area (Å²) in [5, 5.41) is 8.49. The second kappa shape index (κ2) is 11.5. The molecular formula is C30H20N2O6S3. The molecule has 3 heterocycles. The predicted molar refractivity (Wildman–Crippen MR) is 160 cm³/mol. The molecule has 0 amide bonds. The van der Waals surface area contributed by atoms with Crippen molar-refractivity contribution in [2.45, 2.75) is 0 Å². The number of methoxy groups -OCH3 is 2. The molecule has 0 saturated carbocycles. The van der Waals surface area contributed by atoms with Crippen molar-refractivity contribution in [2.75, 3.05) is 14.2 Å². The van der Waals surface area contributed by atoms with Gasteiger partial charge >= 0.3 is 11.9 Å².